The van der Waals surface area contributed by atoms with Crippen LogP contribution in [0.25, 0.3) is 0 Å². The van der Waals surface area contributed by atoms with Gasteiger partial charge in [-0.25, -0.2) is 0 Å². The lowest BCUT2D eigenvalue weighted by atomic mass is 9.96. The fourth-order valence-corrected chi connectivity index (χ4v) is 5.08. The number of hydrogen-bond donors (Lipinski definition) is 1. The quantitative estimate of drug-likeness (QED) is 0.285. The number of nitrogens with zero attached hydrogens (tertiary/aromatic N) is 3. The lowest BCUT2D eigenvalue weighted by molar-refractivity contribution is -0.128. The van der Waals surface area contributed by atoms with E-state index >= 15 is 0 Å². The van der Waals surface area contributed by atoms with Crippen molar-refractivity contribution in [3.63, 3.8) is 0 Å². The summed E-state index contributed by atoms with van der Waals surface area (Å²) in [4.78, 5) is 30.4. The van der Waals surface area contributed by atoms with Crippen molar-refractivity contribution in [2.24, 2.45) is 13.0 Å². The van der Waals surface area contributed by atoms with Crippen molar-refractivity contribution in [3.05, 3.63) is 95.4 Å². The Morgan fingerprint density at radius 3 is 2.54 bits per heavy atom. The van der Waals surface area contributed by atoms with Crippen LogP contribution in [0.3, 0.4) is 0 Å². The molecule has 2 amide bonds. The van der Waals surface area contributed by atoms with Gasteiger partial charge in [-0.15, -0.1) is 0 Å². The predicted octanol–water partition coefficient (Wildman–Crippen LogP) is 5.64. The van der Waals surface area contributed by atoms with Crippen LogP contribution in [0, 0.1) is 19.8 Å². The van der Waals surface area contributed by atoms with Crippen LogP contribution in [0.1, 0.15) is 61.0 Å². The van der Waals surface area contributed by atoms with Gasteiger partial charge in [0.25, 0.3) is 0 Å². The number of carbonyl (C=O) groups is 2. The number of amides is 2. The summed E-state index contributed by atoms with van der Waals surface area (Å²) >= 11 is 0. The molecule has 0 bridgehead atoms. The minimum absolute atomic E-state index is 0.00187. The Kier molecular flexibility index (Phi) is 11.4. The van der Waals surface area contributed by atoms with Gasteiger partial charge in [-0.3, -0.25) is 14.5 Å². The van der Waals surface area contributed by atoms with Crippen molar-refractivity contribution < 1.29 is 9.59 Å². The van der Waals surface area contributed by atoms with Crippen LogP contribution in [-0.4, -0.2) is 52.9 Å². The van der Waals surface area contributed by atoms with Crippen LogP contribution < -0.4 is 5.32 Å². The third-order valence-electron chi connectivity index (χ3n) is 7.88. The normalized spacial score (nSPS) is 15.9. The van der Waals surface area contributed by atoms with Gasteiger partial charge in [0.2, 0.25) is 11.8 Å². The van der Waals surface area contributed by atoms with Crippen LogP contribution in [0.4, 0.5) is 0 Å². The topological polar surface area (TPSA) is 57.6 Å². The largest absolute Gasteiger partial charge is 0.356 e. The molecule has 0 saturated carbocycles. The molecule has 1 aromatic heterocycles. The van der Waals surface area contributed by atoms with Crippen molar-refractivity contribution in [2.45, 2.75) is 59.0 Å². The zero-order chi connectivity index (χ0) is 28.4. The zero-order valence-corrected chi connectivity index (χ0v) is 24.5. The number of allylic oxidation sites excluding steroid dienone is 4. The van der Waals surface area contributed by atoms with Gasteiger partial charge in [-0.2, -0.15) is 0 Å². The Hall–Kier alpha value is -3.38. The second-order valence-corrected chi connectivity index (χ2v) is 10.9. The SMILES string of the molecule is C=C/C=C\C=C(/CCC(=O)NCC1CCN(Cc2cccc(C)c2)CC1)C(=O)N(C)C(C)c1cc(C)n(C)c1. The highest BCUT2D eigenvalue weighted by atomic mass is 16.2. The monoisotopic (exact) mass is 530 g/mol. The number of likely N-dealkylation sites (N-methyl/N-ethyl adjacent to an activating group) is 1. The molecule has 1 aliphatic rings. The van der Waals surface area contributed by atoms with Gasteiger partial charge >= 0.3 is 0 Å². The van der Waals surface area contributed by atoms with E-state index in [1.807, 2.05) is 27.1 Å². The maximum Gasteiger partial charge on any atom is 0.250 e. The molecule has 0 radical (unpaired) electrons. The van der Waals surface area contributed by atoms with E-state index in [4.69, 9.17) is 0 Å². The van der Waals surface area contributed by atoms with E-state index in [9.17, 15) is 9.59 Å². The summed E-state index contributed by atoms with van der Waals surface area (Å²) in [6.07, 6.45) is 12.0. The highest BCUT2D eigenvalue weighted by Gasteiger charge is 2.23. The van der Waals surface area contributed by atoms with E-state index < -0.39 is 0 Å². The molecule has 2 heterocycles. The molecule has 0 spiro atoms. The number of rotatable bonds is 12. The Morgan fingerprint density at radius 1 is 1.15 bits per heavy atom. The fraction of sp³-hybridized carbons (Fsp3) is 0.455. The highest BCUT2D eigenvalue weighted by Crippen LogP contribution is 2.24. The summed E-state index contributed by atoms with van der Waals surface area (Å²) in [5.41, 5.74) is 5.52. The lowest BCUT2D eigenvalue weighted by Gasteiger charge is -2.32. The minimum Gasteiger partial charge on any atom is -0.356 e. The summed E-state index contributed by atoms with van der Waals surface area (Å²) in [5.74, 6) is 0.431. The number of piperidine rings is 1. The van der Waals surface area contributed by atoms with Crippen LogP contribution in [0.2, 0.25) is 0 Å². The number of likely N-dealkylation sites (tertiary alicyclic amines) is 1. The number of nitrogens with one attached hydrogen (secondary N) is 1. The van der Waals surface area contributed by atoms with E-state index in [1.54, 1.807) is 23.1 Å². The van der Waals surface area contributed by atoms with Crippen LogP contribution >= 0.6 is 0 Å². The predicted molar refractivity (Wildman–Crippen MR) is 160 cm³/mol. The third-order valence-corrected chi connectivity index (χ3v) is 7.88. The first kappa shape index (κ1) is 30.2. The fourth-order valence-electron chi connectivity index (χ4n) is 5.08. The molecule has 6 heteroatoms. The molecule has 210 valence electrons. The van der Waals surface area contributed by atoms with Gasteiger partial charge in [0.15, 0.2) is 0 Å². The van der Waals surface area contributed by atoms with Crippen molar-refractivity contribution in [3.8, 4) is 0 Å². The molecule has 1 N–H and O–H groups in total. The Morgan fingerprint density at radius 2 is 1.90 bits per heavy atom. The average molecular weight is 531 g/mol. The molecule has 1 unspecified atom stereocenters. The maximum absolute atomic E-state index is 13.4. The molecule has 0 aliphatic carbocycles. The Balaban J connectivity index is 1.47. The van der Waals surface area contributed by atoms with E-state index in [2.05, 4.69) is 71.7 Å². The molecule has 6 nitrogen and oxygen atoms in total. The molecule has 2 aromatic rings. The lowest BCUT2D eigenvalue weighted by Crippen LogP contribution is -2.38. The molecular formula is C33H46N4O2. The van der Waals surface area contributed by atoms with Gasteiger partial charge in [-0.1, -0.05) is 60.7 Å². The Bertz CT molecular complexity index is 1160. The second-order valence-electron chi connectivity index (χ2n) is 10.9. The molecule has 1 aliphatic heterocycles. The molecule has 1 saturated heterocycles. The molecule has 1 atom stereocenters. The van der Waals surface area contributed by atoms with E-state index in [0.29, 0.717) is 30.9 Å². The first-order valence-corrected chi connectivity index (χ1v) is 14.1. The number of aryl methyl sites for hydroxylation is 3. The number of carbonyl (C=O) groups excluding carboxylic acids is 2. The van der Waals surface area contributed by atoms with Crippen LogP contribution in [-0.2, 0) is 23.2 Å². The van der Waals surface area contributed by atoms with Crippen molar-refractivity contribution in [1.29, 1.82) is 0 Å². The maximum atomic E-state index is 13.4. The summed E-state index contributed by atoms with van der Waals surface area (Å²) < 4.78 is 2.06. The molecule has 3 rings (SSSR count). The number of benzene rings is 1. The van der Waals surface area contributed by atoms with Crippen molar-refractivity contribution in [2.75, 3.05) is 26.7 Å². The number of hydrogen-bond acceptors (Lipinski definition) is 3. The Labute approximate surface area is 235 Å². The van der Waals surface area contributed by atoms with E-state index in [0.717, 1.165) is 43.7 Å². The molecule has 39 heavy (non-hydrogen) atoms. The summed E-state index contributed by atoms with van der Waals surface area (Å²) in [6.45, 7) is 13.7. The zero-order valence-electron chi connectivity index (χ0n) is 24.5. The van der Waals surface area contributed by atoms with Crippen molar-refractivity contribution >= 4 is 11.8 Å². The van der Waals surface area contributed by atoms with Crippen LogP contribution in [0.15, 0.2) is 73.0 Å². The van der Waals surface area contributed by atoms with Gasteiger partial charge in [0, 0.05) is 51.1 Å². The molecule has 1 aromatic carbocycles. The van der Waals surface area contributed by atoms with Gasteiger partial charge in [0.05, 0.1) is 6.04 Å². The van der Waals surface area contributed by atoms with Crippen LogP contribution in [0.5, 0.6) is 0 Å². The smallest absolute Gasteiger partial charge is 0.250 e. The first-order valence-electron chi connectivity index (χ1n) is 14.1. The standard InChI is InChI=1S/C33H46N4O2/c1-7-8-9-13-30(33(39)36(6)27(4)31-21-26(3)35(5)24-31)14-15-32(38)34-22-28-16-18-37(19-17-28)23-29-12-10-11-25(2)20-29/h7-13,20-21,24,27-28H,1,14-19,22-23H2,2-6H3,(H,34,38)/b9-8-,30-13+. The van der Waals surface area contributed by atoms with E-state index in [1.165, 1.54) is 11.1 Å². The van der Waals surface area contributed by atoms with Gasteiger partial charge in [-0.05, 0) is 76.2 Å². The number of aromatic nitrogens is 1. The average Bonchev–Trinajstić information content (AvgIpc) is 3.26. The van der Waals surface area contributed by atoms with E-state index in [-0.39, 0.29) is 17.9 Å². The highest BCUT2D eigenvalue weighted by molar-refractivity contribution is 5.94. The second kappa shape index (κ2) is 14.7. The summed E-state index contributed by atoms with van der Waals surface area (Å²) in [7, 11) is 3.83. The summed E-state index contributed by atoms with van der Waals surface area (Å²) in [5, 5.41) is 3.13. The minimum atomic E-state index is -0.0743. The van der Waals surface area contributed by atoms with Crippen molar-refractivity contribution in [1.82, 2.24) is 19.7 Å². The molecular weight excluding hydrogens is 484 g/mol. The van der Waals surface area contributed by atoms with Gasteiger partial charge < -0.3 is 14.8 Å². The van der Waals surface area contributed by atoms with Gasteiger partial charge in [0.1, 0.15) is 0 Å². The molecule has 1 fully saturated rings. The third kappa shape index (κ3) is 9.10. The summed E-state index contributed by atoms with van der Waals surface area (Å²) in [6, 6.07) is 10.7. The first-order chi connectivity index (χ1) is 18.7.